The van der Waals surface area contributed by atoms with E-state index in [-0.39, 0.29) is 0 Å². The Morgan fingerprint density at radius 2 is 1.55 bits per heavy atom. The number of nitrogens with zero attached hydrogens (tertiary/aromatic N) is 1. The lowest BCUT2D eigenvalue weighted by Crippen LogP contribution is -2.41. The molecule has 0 aromatic rings. The van der Waals surface area contributed by atoms with Crippen LogP contribution in [0, 0.1) is 0 Å². The maximum absolute atomic E-state index is 11.9. The van der Waals surface area contributed by atoms with Crippen molar-refractivity contribution in [3.8, 4) is 0 Å². The molecule has 0 atom stereocenters. The van der Waals surface area contributed by atoms with Crippen LogP contribution in [-0.2, 0) is 4.79 Å². The highest BCUT2D eigenvalue weighted by atomic mass is 16.1. The molecule has 0 spiro atoms. The quantitative estimate of drug-likeness (QED) is 0.590. The second-order valence-electron chi connectivity index (χ2n) is 6.38. The standard InChI is InChI=1S/C17H34N2O/c1-2-3-4-5-6-7-8-9-10-17(20)15-19-13-11-16(18)12-14-19/h16H,2-15,18H2,1H3. The average molecular weight is 282 g/mol. The van der Waals surface area contributed by atoms with Gasteiger partial charge in [0.1, 0.15) is 5.78 Å². The molecular weight excluding hydrogens is 248 g/mol. The number of ketones is 1. The number of Topliss-reactive ketones (excluding diaryl/α,β-unsaturated/α-hetero) is 1. The summed E-state index contributed by atoms with van der Waals surface area (Å²) >= 11 is 0. The molecule has 0 aliphatic carbocycles. The molecular formula is C17H34N2O. The highest BCUT2D eigenvalue weighted by Gasteiger charge is 2.17. The van der Waals surface area contributed by atoms with E-state index in [4.69, 9.17) is 5.73 Å². The zero-order valence-electron chi connectivity index (χ0n) is 13.4. The van der Waals surface area contributed by atoms with E-state index in [2.05, 4.69) is 11.8 Å². The lowest BCUT2D eigenvalue weighted by Gasteiger charge is -2.29. The zero-order valence-corrected chi connectivity index (χ0v) is 13.4. The van der Waals surface area contributed by atoms with Crippen molar-refractivity contribution in [2.24, 2.45) is 5.73 Å². The fourth-order valence-corrected chi connectivity index (χ4v) is 2.90. The Balaban J connectivity index is 1.90. The fourth-order valence-electron chi connectivity index (χ4n) is 2.90. The number of carbonyl (C=O) groups excluding carboxylic acids is 1. The molecule has 0 aromatic heterocycles. The molecule has 1 aliphatic rings. The van der Waals surface area contributed by atoms with Gasteiger partial charge in [0.2, 0.25) is 0 Å². The SMILES string of the molecule is CCCCCCCCCCC(=O)CN1CCC(N)CC1. The van der Waals surface area contributed by atoms with Crippen LogP contribution in [0.25, 0.3) is 0 Å². The normalized spacial score (nSPS) is 17.5. The predicted octanol–water partition coefficient (Wildman–Crippen LogP) is 3.51. The van der Waals surface area contributed by atoms with E-state index in [9.17, 15) is 4.79 Å². The minimum absolute atomic E-state index is 0.356. The molecule has 0 unspecified atom stereocenters. The number of unbranched alkanes of at least 4 members (excludes halogenated alkanes) is 7. The second-order valence-corrected chi connectivity index (χ2v) is 6.38. The van der Waals surface area contributed by atoms with Gasteiger partial charge in [-0.2, -0.15) is 0 Å². The number of hydrogen-bond acceptors (Lipinski definition) is 3. The Morgan fingerprint density at radius 3 is 2.15 bits per heavy atom. The predicted molar refractivity (Wildman–Crippen MR) is 85.9 cm³/mol. The third-order valence-corrected chi connectivity index (χ3v) is 4.34. The summed E-state index contributed by atoms with van der Waals surface area (Å²) in [7, 11) is 0. The van der Waals surface area contributed by atoms with Crippen LogP contribution in [0.1, 0.15) is 77.6 Å². The first-order chi connectivity index (χ1) is 9.72. The van der Waals surface area contributed by atoms with Crippen LogP contribution >= 0.6 is 0 Å². The molecule has 3 heteroatoms. The van der Waals surface area contributed by atoms with Crippen molar-refractivity contribution in [3.63, 3.8) is 0 Å². The maximum Gasteiger partial charge on any atom is 0.146 e. The number of rotatable bonds is 11. The molecule has 0 aromatic carbocycles. The fraction of sp³-hybridized carbons (Fsp3) is 0.941. The monoisotopic (exact) mass is 282 g/mol. The van der Waals surface area contributed by atoms with Gasteiger partial charge in [-0.3, -0.25) is 9.69 Å². The minimum Gasteiger partial charge on any atom is -0.328 e. The molecule has 1 rings (SSSR count). The van der Waals surface area contributed by atoms with Gasteiger partial charge < -0.3 is 5.73 Å². The number of carbonyl (C=O) groups is 1. The van der Waals surface area contributed by atoms with Crippen LogP contribution in [0.15, 0.2) is 0 Å². The topological polar surface area (TPSA) is 46.3 Å². The number of nitrogens with two attached hydrogens (primary N) is 1. The van der Waals surface area contributed by atoms with Gasteiger partial charge in [0.05, 0.1) is 6.54 Å². The molecule has 118 valence electrons. The van der Waals surface area contributed by atoms with Crippen molar-refractivity contribution in [1.29, 1.82) is 0 Å². The minimum atomic E-state index is 0.356. The first-order valence-electron chi connectivity index (χ1n) is 8.72. The summed E-state index contributed by atoms with van der Waals surface area (Å²) in [5.74, 6) is 0.423. The largest absolute Gasteiger partial charge is 0.328 e. The van der Waals surface area contributed by atoms with Crippen molar-refractivity contribution in [3.05, 3.63) is 0 Å². The second kappa shape index (κ2) is 11.3. The third kappa shape index (κ3) is 8.70. The average Bonchev–Trinajstić information content (AvgIpc) is 2.44. The van der Waals surface area contributed by atoms with E-state index in [1.165, 1.54) is 44.9 Å². The van der Waals surface area contributed by atoms with Crippen molar-refractivity contribution < 1.29 is 4.79 Å². The Hall–Kier alpha value is -0.410. The van der Waals surface area contributed by atoms with Gasteiger partial charge in [-0.25, -0.2) is 0 Å². The highest BCUT2D eigenvalue weighted by Crippen LogP contribution is 2.11. The van der Waals surface area contributed by atoms with Crippen molar-refractivity contribution in [2.75, 3.05) is 19.6 Å². The molecule has 0 amide bonds. The molecule has 1 aliphatic heterocycles. The Bertz CT molecular complexity index is 247. The first kappa shape index (κ1) is 17.6. The van der Waals surface area contributed by atoms with Crippen LogP contribution in [-0.4, -0.2) is 36.4 Å². The zero-order chi connectivity index (χ0) is 14.6. The number of hydrogen-bond donors (Lipinski definition) is 1. The molecule has 2 N–H and O–H groups in total. The summed E-state index contributed by atoms with van der Waals surface area (Å²) in [4.78, 5) is 14.2. The maximum atomic E-state index is 11.9. The van der Waals surface area contributed by atoms with Gasteiger partial charge in [0.15, 0.2) is 0 Å². The highest BCUT2D eigenvalue weighted by molar-refractivity contribution is 5.80. The van der Waals surface area contributed by atoms with E-state index in [1.54, 1.807) is 0 Å². The molecule has 1 heterocycles. The summed E-state index contributed by atoms with van der Waals surface area (Å²) in [6.07, 6.45) is 13.3. The van der Waals surface area contributed by atoms with Gasteiger partial charge in [0.25, 0.3) is 0 Å². The Labute approximate surface area is 125 Å². The van der Waals surface area contributed by atoms with Gasteiger partial charge in [-0.1, -0.05) is 51.9 Å². The van der Waals surface area contributed by atoms with Crippen LogP contribution in [0.3, 0.4) is 0 Å². The summed E-state index contributed by atoms with van der Waals surface area (Å²) in [6, 6.07) is 0.356. The molecule has 1 fully saturated rings. The van der Waals surface area contributed by atoms with E-state index in [0.29, 0.717) is 18.4 Å². The van der Waals surface area contributed by atoms with E-state index in [1.807, 2.05) is 0 Å². The van der Waals surface area contributed by atoms with Gasteiger partial charge in [-0.05, 0) is 19.3 Å². The molecule has 0 radical (unpaired) electrons. The molecule has 0 saturated carbocycles. The van der Waals surface area contributed by atoms with Crippen molar-refractivity contribution >= 4 is 5.78 Å². The molecule has 1 saturated heterocycles. The lowest BCUT2D eigenvalue weighted by atomic mass is 10.0. The third-order valence-electron chi connectivity index (χ3n) is 4.34. The van der Waals surface area contributed by atoms with Crippen LogP contribution < -0.4 is 5.73 Å². The molecule has 0 bridgehead atoms. The summed E-state index contributed by atoms with van der Waals surface area (Å²) in [5.41, 5.74) is 5.87. The van der Waals surface area contributed by atoms with Crippen molar-refractivity contribution in [2.45, 2.75) is 83.6 Å². The smallest absolute Gasteiger partial charge is 0.146 e. The summed E-state index contributed by atoms with van der Waals surface area (Å²) in [6.45, 7) is 4.92. The Morgan fingerprint density at radius 1 is 1.00 bits per heavy atom. The first-order valence-corrected chi connectivity index (χ1v) is 8.72. The lowest BCUT2D eigenvalue weighted by molar-refractivity contribution is -0.120. The summed E-state index contributed by atoms with van der Waals surface area (Å²) in [5, 5.41) is 0. The van der Waals surface area contributed by atoms with Gasteiger partial charge >= 0.3 is 0 Å². The van der Waals surface area contributed by atoms with E-state index >= 15 is 0 Å². The van der Waals surface area contributed by atoms with Crippen LogP contribution in [0.4, 0.5) is 0 Å². The Kier molecular flexibility index (Phi) is 9.94. The van der Waals surface area contributed by atoms with E-state index in [0.717, 1.165) is 38.8 Å². The molecule has 3 nitrogen and oxygen atoms in total. The van der Waals surface area contributed by atoms with Crippen LogP contribution in [0.5, 0.6) is 0 Å². The van der Waals surface area contributed by atoms with E-state index < -0.39 is 0 Å². The summed E-state index contributed by atoms with van der Waals surface area (Å²) < 4.78 is 0. The number of piperidine rings is 1. The van der Waals surface area contributed by atoms with Gasteiger partial charge in [-0.15, -0.1) is 0 Å². The number of likely N-dealkylation sites (tertiary alicyclic amines) is 1. The van der Waals surface area contributed by atoms with Crippen molar-refractivity contribution in [1.82, 2.24) is 4.90 Å². The molecule has 20 heavy (non-hydrogen) atoms. The van der Waals surface area contributed by atoms with Crippen LogP contribution in [0.2, 0.25) is 0 Å². The van der Waals surface area contributed by atoms with Gasteiger partial charge in [0, 0.05) is 25.6 Å².